The van der Waals surface area contributed by atoms with Gasteiger partial charge in [-0.2, -0.15) is 9.97 Å². The molecule has 1 amide bonds. The standard InChI is InChI=1S/C17H23N7OS/c1-12-19-16(24-10-8-23(4)9-11-24)21-17(20-12)26-14-13(6-5-7-18-14)15(25)22(2)3/h5-7H,8-11H2,1-4H3. The van der Waals surface area contributed by atoms with Crippen LogP contribution in [0.4, 0.5) is 5.95 Å². The molecule has 1 fully saturated rings. The molecule has 3 rings (SSSR count). The summed E-state index contributed by atoms with van der Waals surface area (Å²) in [6.07, 6.45) is 1.67. The van der Waals surface area contributed by atoms with Crippen LogP contribution in [-0.2, 0) is 0 Å². The zero-order valence-electron chi connectivity index (χ0n) is 15.5. The Morgan fingerprint density at radius 2 is 1.88 bits per heavy atom. The first-order chi connectivity index (χ1) is 12.4. The van der Waals surface area contributed by atoms with Crippen molar-refractivity contribution in [2.45, 2.75) is 17.1 Å². The maximum Gasteiger partial charge on any atom is 0.256 e. The molecular weight excluding hydrogens is 350 g/mol. The van der Waals surface area contributed by atoms with E-state index in [4.69, 9.17) is 0 Å². The maximum absolute atomic E-state index is 12.4. The van der Waals surface area contributed by atoms with Gasteiger partial charge in [-0.15, -0.1) is 0 Å². The lowest BCUT2D eigenvalue weighted by atomic mass is 10.2. The lowest BCUT2D eigenvalue weighted by Crippen LogP contribution is -2.45. The molecular formula is C17H23N7OS. The second-order valence-electron chi connectivity index (χ2n) is 6.41. The van der Waals surface area contributed by atoms with E-state index in [0.29, 0.717) is 27.5 Å². The van der Waals surface area contributed by atoms with Crippen LogP contribution in [0, 0.1) is 6.92 Å². The second-order valence-corrected chi connectivity index (χ2v) is 7.37. The van der Waals surface area contributed by atoms with E-state index in [1.54, 1.807) is 32.4 Å². The monoisotopic (exact) mass is 373 g/mol. The van der Waals surface area contributed by atoms with Crippen LogP contribution in [0.1, 0.15) is 16.2 Å². The van der Waals surface area contributed by atoms with Gasteiger partial charge in [0.15, 0.2) is 5.16 Å². The van der Waals surface area contributed by atoms with Gasteiger partial charge in [0.25, 0.3) is 5.91 Å². The highest BCUT2D eigenvalue weighted by molar-refractivity contribution is 7.99. The Bertz CT molecular complexity index is 790. The Labute approximate surface area is 157 Å². The molecule has 138 valence electrons. The fourth-order valence-corrected chi connectivity index (χ4v) is 3.46. The third kappa shape index (κ3) is 4.28. The molecule has 8 nitrogen and oxygen atoms in total. The largest absolute Gasteiger partial charge is 0.345 e. The Hall–Kier alpha value is -2.26. The number of aromatic nitrogens is 4. The van der Waals surface area contributed by atoms with Crippen molar-refractivity contribution in [1.82, 2.24) is 29.7 Å². The number of pyridine rings is 1. The third-order valence-electron chi connectivity index (χ3n) is 4.10. The van der Waals surface area contributed by atoms with Gasteiger partial charge >= 0.3 is 0 Å². The van der Waals surface area contributed by atoms with Crippen LogP contribution in [0.3, 0.4) is 0 Å². The molecule has 0 aromatic carbocycles. The molecule has 0 N–H and O–H groups in total. The predicted octanol–water partition coefficient (Wildman–Crippen LogP) is 1.18. The van der Waals surface area contributed by atoms with Gasteiger partial charge < -0.3 is 14.7 Å². The van der Waals surface area contributed by atoms with Gasteiger partial charge in [0, 0.05) is 46.5 Å². The highest BCUT2D eigenvalue weighted by Gasteiger charge is 2.20. The molecule has 0 spiro atoms. The number of rotatable bonds is 4. The first kappa shape index (κ1) is 18.5. The van der Waals surface area contributed by atoms with Gasteiger partial charge in [-0.3, -0.25) is 4.79 Å². The molecule has 0 aliphatic carbocycles. The zero-order valence-corrected chi connectivity index (χ0v) is 16.3. The van der Waals surface area contributed by atoms with E-state index < -0.39 is 0 Å². The summed E-state index contributed by atoms with van der Waals surface area (Å²) in [6, 6.07) is 3.53. The number of amides is 1. The van der Waals surface area contributed by atoms with Crippen molar-refractivity contribution in [3.63, 3.8) is 0 Å². The first-order valence-corrected chi connectivity index (χ1v) is 9.26. The Morgan fingerprint density at radius 1 is 1.15 bits per heavy atom. The number of hydrogen-bond donors (Lipinski definition) is 0. The van der Waals surface area contributed by atoms with Crippen LogP contribution in [0.15, 0.2) is 28.5 Å². The maximum atomic E-state index is 12.4. The topological polar surface area (TPSA) is 78.4 Å². The zero-order chi connectivity index (χ0) is 18.7. The van der Waals surface area contributed by atoms with Crippen molar-refractivity contribution < 1.29 is 4.79 Å². The molecule has 2 aromatic heterocycles. The predicted molar refractivity (Wildman–Crippen MR) is 101 cm³/mol. The number of aryl methyl sites for hydroxylation is 1. The average molecular weight is 373 g/mol. The molecule has 1 saturated heterocycles. The quantitative estimate of drug-likeness (QED) is 0.791. The molecule has 26 heavy (non-hydrogen) atoms. The van der Waals surface area contributed by atoms with E-state index in [2.05, 4.69) is 36.8 Å². The molecule has 0 bridgehead atoms. The van der Waals surface area contributed by atoms with Gasteiger partial charge in [-0.1, -0.05) is 0 Å². The van der Waals surface area contributed by atoms with Crippen molar-refractivity contribution in [3.8, 4) is 0 Å². The molecule has 9 heteroatoms. The van der Waals surface area contributed by atoms with Crippen molar-refractivity contribution in [3.05, 3.63) is 29.7 Å². The molecule has 1 aliphatic heterocycles. The van der Waals surface area contributed by atoms with Gasteiger partial charge in [0.1, 0.15) is 10.9 Å². The van der Waals surface area contributed by atoms with E-state index in [9.17, 15) is 4.79 Å². The van der Waals surface area contributed by atoms with Crippen LogP contribution in [0.25, 0.3) is 0 Å². The number of nitrogens with zero attached hydrogens (tertiary/aromatic N) is 7. The smallest absolute Gasteiger partial charge is 0.256 e. The molecule has 0 saturated carbocycles. The fourth-order valence-electron chi connectivity index (χ4n) is 2.60. The SMILES string of the molecule is Cc1nc(Sc2ncccc2C(=O)N(C)C)nc(N2CCN(C)CC2)n1. The number of anilines is 1. The minimum atomic E-state index is -0.0920. The fraction of sp³-hybridized carbons (Fsp3) is 0.471. The lowest BCUT2D eigenvalue weighted by Gasteiger charge is -2.32. The Morgan fingerprint density at radius 3 is 2.58 bits per heavy atom. The molecule has 1 aliphatic rings. The van der Waals surface area contributed by atoms with E-state index in [1.807, 2.05) is 6.92 Å². The normalized spacial score (nSPS) is 15.2. The average Bonchev–Trinajstić information content (AvgIpc) is 2.61. The van der Waals surface area contributed by atoms with Crippen LogP contribution in [-0.4, -0.2) is 83.0 Å². The summed E-state index contributed by atoms with van der Waals surface area (Å²) < 4.78 is 0. The van der Waals surface area contributed by atoms with Crippen molar-refractivity contribution in [2.24, 2.45) is 0 Å². The van der Waals surface area contributed by atoms with E-state index in [-0.39, 0.29) is 5.91 Å². The molecule has 0 radical (unpaired) electrons. The van der Waals surface area contributed by atoms with Gasteiger partial charge in [0.05, 0.1) is 5.56 Å². The number of piperazine rings is 1. The molecule has 0 atom stereocenters. The summed E-state index contributed by atoms with van der Waals surface area (Å²) in [7, 11) is 5.56. The number of carbonyl (C=O) groups excluding carboxylic acids is 1. The Balaban J connectivity index is 1.86. The van der Waals surface area contributed by atoms with Gasteiger partial charge in [0.2, 0.25) is 5.95 Å². The molecule has 2 aromatic rings. The highest BCUT2D eigenvalue weighted by Crippen LogP contribution is 2.27. The number of hydrogen-bond acceptors (Lipinski definition) is 8. The van der Waals surface area contributed by atoms with Crippen molar-refractivity contribution >= 4 is 23.6 Å². The first-order valence-electron chi connectivity index (χ1n) is 8.44. The minimum Gasteiger partial charge on any atom is -0.345 e. The van der Waals surface area contributed by atoms with Crippen molar-refractivity contribution in [2.75, 3.05) is 52.2 Å². The summed E-state index contributed by atoms with van der Waals surface area (Å²) in [5.41, 5.74) is 0.543. The minimum absolute atomic E-state index is 0.0920. The summed E-state index contributed by atoms with van der Waals surface area (Å²) in [5.74, 6) is 1.25. The lowest BCUT2D eigenvalue weighted by molar-refractivity contribution is 0.0823. The van der Waals surface area contributed by atoms with Crippen LogP contribution >= 0.6 is 11.8 Å². The molecule has 3 heterocycles. The van der Waals surface area contributed by atoms with Gasteiger partial charge in [-0.05, 0) is 37.9 Å². The van der Waals surface area contributed by atoms with Crippen LogP contribution < -0.4 is 4.90 Å². The number of carbonyl (C=O) groups is 1. The van der Waals surface area contributed by atoms with E-state index in [1.165, 1.54) is 16.7 Å². The number of likely N-dealkylation sites (N-methyl/N-ethyl adjacent to an activating group) is 1. The van der Waals surface area contributed by atoms with Gasteiger partial charge in [-0.25, -0.2) is 9.97 Å². The highest BCUT2D eigenvalue weighted by atomic mass is 32.2. The van der Waals surface area contributed by atoms with E-state index in [0.717, 1.165) is 26.2 Å². The summed E-state index contributed by atoms with van der Waals surface area (Å²) in [5, 5.41) is 1.15. The van der Waals surface area contributed by atoms with E-state index >= 15 is 0 Å². The second kappa shape index (κ2) is 7.96. The summed E-state index contributed by atoms with van der Waals surface area (Å²) >= 11 is 1.29. The van der Waals surface area contributed by atoms with Crippen LogP contribution in [0.2, 0.25) is 0 Å². The van der Waals surface area contributed by atoms with Crippen molar-refractivity contribution in [1.29, 1.82) is 0 Å². The Kier molecular flexibility index (Phi) is 5.67. The third-order valence-corrected chi connectivity index (χ3v) is 4.98. The summed E-state index contributed by atoms with van der Waals surface area (Å²) in [6.45, 7) is 5.59. The molecule has 0 unspecified atom stereocenters. The summed E-state index contributed by atoms with van der Waals surface area (Å²) in [4.78, 5) is 36.2. The van der Waals surface area contributed by atoms with Crippen LogP contribution in [0.5, 0.6) is 0 Å².